The van der Waals surface area contributed by atoms with Crippen molar-refractivity contribution in [3.8, 4) is 5.75 Å². The fourth-order valence-electron chi connectivity index (χ4n) is 2.43. The standard InChI is InChI=1S/C18H28NO7P/c1-4-8-14(2)25-18(20)15(3)19-27(21,24-13-17-22-11-12-23-17)26-16-9-6-5-7-10-16/h5-7,9-10,14-15,17H,4,8,11-13H2,1-3H3,(H,19,21)/t14-,15-,27?/m0/s1. The zero-order valence-corrected chi connectivity index (χ0v) is 16.9. The van der Waals surface area contributed by atoms with Crippen LogP contribution in [0, 0.1) is 0 Å². The molecule has 0 amide bonds. The van der Waals surface area contributed by atoms with Gasteiger partial charge in [0.25, 0.3) is 0 Å². The molecule has 0 aromatic heterocycles. The summed E-state index contributed by atoms with van der Waals surface area (Å²) in [7, 11) is -3.87. The first-order chi connectivity index (χ1) is 12.9. The summed E-state index contributed by atoms with van der Waals surface area (Å²) in [6, 6.07) is 7.70. The van der Waals surface area contributed by atoms with Crippen molar-refractivity contribution < 1.29 is 32.6 Å². The number of esters is 1. The van der Waals surface area contributed by atoms with Crippen molar-refractivity contribution in [2.75, 3.05) is 19.8 Å². The average Bonchev–Trinajstić information content (AvgIpc) is 3.14. The maximum Gasteiger partial charge on any atom is 0.459 e. The summed E-state index contributed by atoms with van der Waals surface area (Å²) in [6.45, 7) is 6.18. The zero-order chi connectivity index (χ0) is 19.7. The molecule has 1 unspecified atom stereocenters. The maximum absolute atomic E-state index is 13.2. The summed E-state index contributed by atoms with van der Waals surface area (Å²) in [5, 5.41) is 2.64. The third kappa shape index (κ3) is 7.60. The van der Waals surface area contributed by atoms with Gasteiger partial charge in [0.15, 0.2) is 6.29 Å². The van der Waals surface area contributed by atoms with Gasteiger partial charge in [0.2, 0.25) is 0 Å². The Morgan fingerprint density at radius 1 is 1.26 bits per heavy atom. The van der Waals surface area contributed by atoms with Crippen LogP contribution in [0.2, 0.25) is 0 Å². The van der Waals surface area contributed by atoms with Gasteiger partial charge in [-0.25, -0.2) is 4.57 Å². The average molecular weight is 401 g/mol. The van der Waals surface area contributed by atoms with Gasteiger partial charge < -0.3 is 18.7 Å². The van der Waals surface area contributed by atoms with E-state index in [1.165, 1.54) is 0 Å². The first kappa shape index (κ1) is 21.9. The fourth-order valence-corrected chi connectivity index (χ4v) is 3.91. The molecule has 1 saturated heterocycles. The van der Waals surface area contributed by atoms with Crippen LogP contribution in [0.3, 0.4) is 0 Å². The smallest absolute Gasteiger partial charge is 0.459 e. The summed E-state index contributed by atoms with van der Waals surface area (Å²) in [6.07, 6.45) is 0.813. The van der Waals surface area contributed by atoms with Crippen molar-refractivity contribution in [1.29, 1.82) is 0 Å². The molecule has 1 fully saturated rings. The molecule has 0 aliphatic carbocycles. The predicted octanol–water partition coefficient (Wildman–Crippen LogP) is 3.27. The molecule has 8 nitrogen and oxygen atoms in total. The van der Waals surface area contributed by atoms with E-state index in [9.17, 15) is 9.36 Å². The van der Waals surface area contributed by atoms with Crippen LogP contribution in [0.4, 0.5) is 0 Å². The molecule has 1 aliphatic rings. The minimum absolute atomic E-state index is 0.0921. The molecule has 152 valence electrons. The number of hydrogen-bond acceptors (Lipinski definition) is 7. The van der Waals surface area contributed by atoms with Gasteiger partial charge in [-0.3, -0.25) is 9.32 Å². The van der Waals surface area contributed by atoms with Crippen molar-refractivity contribution in [2.24, 2.45) is 0 Å². The first-order valence-corrected chi connectivity index (χ1v) is 10.7. The topological polar surface area (TPSA) is 92.3 Å². The Balaban J connectivity index is 2.01. The molecule has 0 bridgehead atoms. The maximum atomic E-state index is 13.2. The summed E-state index contributed by atoms with van der Waals surface area (Å²) in [5.74, 6) is -0.175. The number of hydrogen-bond donors (Lipinski definition) is 1. The van der Waals surface area contributed by atoms with E-state index in [1.54, 1.807) is 37.3 Å². The molecule has 1 aromatic rings. The van der Waals surface area contributed by atoms with Gasteiger partial charge in [0.05, 0.1) is 19.3 Å². The molecular weight excluding hydrogens is 373 g/mol. The van der Waals surface area contributed by atoms with Crippen molar-refractivity contribution in [3.63, 3.8) is 0 Å². The normalized spacial score (nSPS) is 19.2. The highest BCUT2D eigenvalue weighted by atomic mass is 31.2. The lowest BCUT2D eigenvalue weighted by Gasteiger charge is -2.24. The summed E-state index contributed by atoms with van der Waals surface area (Å²) in [4.78, 5) is 12.3. The molecule has 0 radical (unpaired) electrons. The number of rotatable bonds is 11. The highest BCUT2D eigenvalue weighted by Gasteiger charge is 2.34. The lowest BCUT2D eigenvalue weighted by Crippen LogP contribution is -2.37. The van der Waals surface area contributed by atoms with Gasteiger partial charge >= 0.3 is 13.7 Å². The third-order valence-corrected chi connectivity index (χ3v) is 5.40. The van der Waals surface area contributed by atoms with Gasteiger partial charge in [-0.1, -0.05) is 31.5 Å². The van der Waals surface area contributed by atoms with E-state index in [1.807, 2.05) is 13.8 Å². The Kier molecular flexibility index (Phi) is 8.73. The summed E-state index contributed by atoms with van der Waals surface area (Å²) >= 11 is 0. The Hall–Kier alpha value is -1.44. The number of carbonyl (C=O) groups excluding carboxylic acids is 1. The second-order valence-corrected chi connectivity index (χ2v) is 7.95. The molecule has 3 atom stereocenters. The molecule has 1 aromatic carbocycles. The number of nitrogens with one attached hydrogen (secondary N) is 1. The molecule has 0 spiro atoms. The second kappa shape index (κ2) is 10.8. The van der Waals surface area contributed by atoms with Gasteiger partial charge in [0, 0.05) is 0 Å². The zero-order valence-electron chi connectivity index (χ0n) is 16.0. The number of benzene rings is 1. The van der Waals surface area contributed by atoms with E-state index < -0.39 is 26.0 Å². The summed E-state index contributed by atoms with van der Waals surface area (Å²) in [5.41, 5.74) is 0. The van der Waals surface area contributed by atoms with E-state index in [2.05, 4.69) is 5.09 Å². The fraction of sp³-hybridized carbons (Fsp3) is 0.611. The Morgan fingerprint density at radius 2 is 1.93 bits per heavy atom. The van der Waals surface area contributed by atoms with Crippen molar-refractivity contribution in [3.05, 3.63) is 30.3 Å². The molecule has 1 N–H and O–H groups in total. The number of carbonyl (C=O) groups is 1. The number of para-hydroxylation sites is 1. The first-order valence-electron chi connectivity index (χ1n) is 9.12. The van der Waals surface area contributed by atoms with E-state index >= 15 is 0 Å². The minimum atomic E-state index is -3.87. The predicted molar refractivity (Wildman–Crippen MR) is 99.4 cm³/mol. The molecular formula is C18H28NO7P. The molecule has 1 heterocycles. The van der Waals surface area contributed by atoms with Gasteiger partial charge in [-0.2, -0.15) is 5.09 Å². The highest BCUT2D eigenvalue weighted by Crippen LogP contribution is 2.45. The number of ether oxygens (including phenoxy) is 3. The largest absolute Gasteiger partial charge is 0.462 e. The van der Waals surface area contributed by atoms with Gasteiger partial charge in [-0.05, 0) is 32.4 Å². The lowest BCUT2D eigenvalue weighted by atomic mass is 10.2. The molecule has 2 rings (SSSR count). The van der Waals surface area contributed by atoms with Crippen LogP contribution in [0.5, 0.6) is 5.75 Å². The lowest BCUT2D eigenvalue weighted by molar-refractivity contribution is -0.150. The van der Waals surface area contributed by atoms with Crippen LogP contribution in [0.1, 0.15) is 33.6 Å². The van der Waals surface area contributed by atoms with Crippen LogP contribution < -0.4 is 9.61 Å². The summed E-state index contributed by atoms with van der Waals surface area (Å²) < 4.78 is 40.1. The van der Waals surface area contributed by atoms with Crippen molar-refractivity contribution in [2.45, 2.75) is 52.0 Å². The molecule has 0 saturated carbocycles. The van der Waals surface area contributed by atoms with Gasteiger partial charge in [0.1, 0.15) is 18.4 Å². The minimum Gasteiger partial charge on any atom is -0.462 e. The van der Waals surface area contributed by atoms with Crippen LogP contribution in [-0.2, 0) is 28.1 Å². The Bertz CT molecular complexity index is 621. The van der Waals surface area contributed by atoms with Gasteiger partial charge in [-0.15, -0.1) is 0 Å². The second-order valence-electron chi connectivity index (χ2n) is 6.26. The van der Waals surface area contributed by atoms with Crippen LogP contribution >= 0.6 is 7.75 Å². The molecule has 27 heavy (non-hydrogen) atoms. The van der Waals surface area contributed by atoms with Crippen LogP contribution in [0.25, 0.3) is 0 Å². The Labute approximate surface area is 160 Å². The van der Waals surface area contributed by atoms with Crippen LogP contribution in [-0.4, -0.2) is 44.2 Å². The Morgan fingerprint density at radius 3 is 2.56 bits per heavy atom. The van der Waals surface area contributed by atoms with E-state index in [-0.39, 0.29) is 12.7 Å². The van der Waals surface area contributed by atoms with Crippen LogP contribution in [0.15, 0.2) is 30.3 Å². The van der Waals surface area contributed by atoms with Crippen molar-refractivity contribution >= 4 is 13.7 Å². The quantitative estimate of drug-likeness (QED) is 0.446. The van der Waals surface area contributed by atoms with E-state index in [4.69, 9.17) is 23.3 Å². The highest BCUT2D eigenvalue weighted by molar-refractivity contribution is 7.52. The molecule has 9 heteroatoms. The van der Waals surface area contributed by atoms with Crippen molar-refractivity contribution in [1.82, 2.24) is 5.09 Å². The SMILES string of the molecule is CCC[C@H](C)OC(=O)[C@H](C)NP(=O)(OCC1OCCO1)Oc1ccccc1. The van der Waals surface area contributed by atoms with E-state index in [0.717, 1.165) is 12.8 Å². The monoisotopic (exact) mass is 401 g/mol. The third-order valence-electron chi connectivity index (χ3n) is 3.76. The molecule has 1 aliphatic heterocycles. The van der Waals surface area contributed by atoms with E-state index in [0.29, 0.717) is 19.0 Å².